The third-order valence-corrected chi connectivity index (χ3v) is 4.12. The largest absolute Gasteiger partial charge is 0.383 e. The van der Waals surface area contributed by atoms with E-state index in [0.717, 1.165) is 25.9 Å². The molecule has 2 heterocycles. The van der Waals surface area contributed by atoms with Crippen LogP contribution in [-0.2, 0) is 4.79 Å². The molecule has 0 spiro atoms. The van der Waals surface area contributed by atoms with E-state index in [9.17, 15) is 4.79 Å². The molecule has 0 bridgehead atoms. The van der Waals surface area contributed by atoms with Crippen molar-refractivity contribution in [2.24, 2.45) is 5.92 Å². The minimum absolute atomic E-state index is 0.286. The van der Waals surface area contributed by atoms with Gasteiger partial charge in [-0.25, -0.2) is 9.97 Å². The summed E-state index contributed by atoms with van der Waals surface area (Å²) in [5, 5.41) is 6.65. The number of halogens is 1. The van der Waals surface area contributed by atoms with Crippen LogP contribution in [0.3, 0.4) is 0 Å². The highest BCUT2D eigenvalue weighted by molar-refractivity contribution is 6.32. The molecule has 7 heteroatoms. The Morgan fingerprint density at radius 3 is 2.95 bits per heavy atom. The average Bonchev–Trinajstić information content (AvgIpc) is 3.20. The minimum Gasteiger partial charge on any atom is -0.383 e. The van der Waals surface area contributed by atoms with E-state index >= 15 is 0 Å². The summed E-state index contributed by atoms with van der Waals surface area (Å²) in [5.41, 5.74) is 0.692. The van der Waals surface area contributed by atoms with Crippen LogP contribution >= 0.6 is 11.6 Å². The number of hydrogen-bond donors (Lipinski definition) is 2. The summed E-state index contributed by atoms with van der Waals surface area (Å²) in [6.07, 6.45) is 4.38. The van der Waals surface area contributed by atoms with E-state index in [4.69, 9.17) is 11.6 Å². The molecule has 1 aromatic rings. The summed E-state index contributed by atoms with van der Waals surface area (Å²) in [5.74, 6) is 1.31. The molecule has 0 aromatic carbocycles. The highest BCUT2D eigenvalue weighted by atomic mass is 35.5. The number of aromatic nitrogens is 2. The Morgan fingerprint density at radius 2 is 2.25 bits per heavy atom. The summed E-state index contributed by atoms with van der Waals surface area (Å²) in [6.45, 7) is 1.57. The van der Waals surface area contributed by atoms with Crippen LogP contribution < -0.4 is 10.6 Å². The quantitative estimate of drug-likeness (QED) is 0.808. The van der Waals surface area contributed by atoms with Gasteiger partial charge in [-0.2, -0.15) is 0 Å². The molecule has 1 saturated carbocycles. The van der Waals surface area contributed by atoms with Gasteiger partial charge in [0, 0.05) is 38.5 Å². The number of likely N-dealkylation sites (tertiary alicyclic amines) is 1. The maximum absolute atomic E-state index is 11.9. The molecule has 1 aliphatic heterocycles. The summed E-state index contributed by atoms with van der Waals surface area (Å²) in [7, 11) is 1.78. The van der Waals surface area contributed by atoms with Crippen molar-refractivity contribution in [3.05, 3.63) is 11.5 Å². The summed E-state index contributed by atoms with van der Waals surface area (Å²) < 4.78 is 0. The van der Waals surface area contributed by atoms with Gasteiger partial charge in [-0.3, -0.25) is 4.79 Å². The van der Waals surface area contributed by atoms with Crippen molar-refractivity contribution in [2.75, 3.05) is 30.8 Å². The third-order valence-electron chi connectivity index (χ3n) is 3.84. The zero-order valence-electron chi connectivity index (χ0n) is 11.4. The molecule has 1 atom stereocenters. The van der Waals surface area contributed by atoms with E-state index in [2.05, 4.69) is 20.6 Å². The van der Waals surface area contributed by atoms with Crippen molar-refractivity contribution in [3.8, 4) is 0 Å². The van der Waals surface area contributed by atoms with Gasteiger partial charge in [0.05, 0.1) is 0 Å². The topological polar surface area (TPSA) is 70.1 Å². The molecule has 108 valence electrons. The van der Waals surface area contributed by atoms with E-state index in [0.29, 0.717) is 35.0 Å². The summed E-state index contributed by atoms with van der Waals surface area (Å²) in [6, 6.07) is 0.508. The van der Waals surface area contributed by atoms with Gasteiger partial charge in [0.1, 0.15) is 12.0 Å². The van der Waals surface area contributed by atoms with Crippen molar-refractivity contribution in [2.45, 2.75) is 25.3 Å². The SMILES string of the molecule is CNc1c(Cl)ncnc1NCC1CC(=O)N(C2CC2)C1. The molecular formula is C13H18ClN5O. The standard InChI is InChI=1S/C13H18ClN5O/c1-15-11-12(14)17-7-18-13(11)16-5-8-4-10(20)19(6-8)9-2-3-9/h7-9,15H,2-6H2,1H3,(H,16,17,18). The first-order valence-corrected chi connectivity index (χ1v) is 7.28. The van der Waals surface area contributed by atoms with Gasteiger partial charge in [-0.15, -0.1) is 0 Å². The van der Waals surface area contributed by atoms with Crippen LogP contribution in [0.5, 0.6) is 0 Å². The zero-order chi connectivity index (χ0) is 14.1. The number of carbonyl (C=O) groups is 1. The van der Waals surface area contributed by atoms with E-state index in [1.165, 1.54) is 6.33 Å². The fourth-order valence-corrected chi connectivity index (χ4v) is 2.87. The Morgan fingerprint density at radius 1 is 1.45 bits per heavy atom. The average molecular weight is 296 g/mol. The number of hydrogen-bond acceptors (Lipinski definition) is 5. The molecule has 0 radical (unpaired) electrons. The highest BCUT2D eigenvalue weighted by Crippen LogP contribution is 2.33. The van der Waals surface area contributed by atoms with Gasteiger partial charge in [-0.1, -0.05) is 11.6 Å². The highest BCUT2D eigenvalue weighted by Gasteiger charge is 2.39. The number of anilines is 2. The maximum atomic E-state index is 11.9. The lowest BCUT2D eigenvalue weighted by Crippen LogP contribution is -2.28. The minimum atomic E-state index is 0.286. The van der Waals surface area contributed by atoms with Gasteiger partial charge in [-0.05, 0) is 12.8 Å². The number of rotatable bonds is 5. The van der Waals surface area contributed by atoms with Crippen molar-refractivity contribution < 1.29 is 4.79 Å². The van der Waals surface area contributed by atoms with Crippen LogP contribution in [0, 0.1) is 5.92 Å². The molecule has 1 amide bonds. The van der Waals surface area contributed by atoms with E-state index < -0.39 is 0 Å². The molecule has 1 aromatic heterocycles. The molecule has 2 fully saturated rings. The second-order valence-corrected chi connectivity index (χ2v) is 5.72. The summed E-state index contributed by atoms with van der Waals surface area (Å²) in [4.78, 5) is 22.0. The second kappa shape index (κ2) is 5.44. The lowest BCUT2D eigenvalue weighted by atomic mass is 10.1. The van der Waals surface area contributed by atoms with Crippen molar-refractivity contribution >= 4 is 29.0 Å². The number of amides is 1. The van der Waals surface area contributed by atoms with Crippen LogP contribution in [0.2, 0.25) is 5.15 Å². The van der Waals surface area contributed by atoms with Crippen LogP contribution in [0.15, 0.2) is 6.33 Å². The van der Waals surface area contributed by atoms with Crippen molar-refractivity contribution in [3.63, 3.8) is 0 Å². The van der Waals surface area contributed by atoms with Gasteiger partial charge in [0.2, 0.25) is 5.91 Å². The molecule has 2 aliphatic rings. The van der Waals surface area contributed by atoms with E-state index in [1.807, 2.05) is 4.90 Å². The fraction of sp³-hybridized carbons (Fsp3) is 0.615. The fourth-order valence-electron chi connectivity index (χ4n) is 2.65. The Balaban J connectivity index is 1.60. The normalized spacial score (nSPS) is 22.2. The lowest BCUT2D eigenvalue weighted by Gasteiger charge is -2.16. The van der Waals surface area contributed by atoms with Crippen LogP contribution in [0.4, 0.5) is 11.5 Å². The first-order chi connectivity index (χ1) is 9.69. The molecule has 1 unspecified atom stereocenters. The third kappa shape index (κ3) is 2.65. The second-order valence-electron chi connectivity index (χ2n) is 5.37. The van der Waals surface area contributed by atoms with Crippen molar-refractivity contribution in [1.29, 1.82) is 0 Å². The molecule has 20 heavy (non-hydrogen) atoms. The Hall–Kier alpha value is -1.56. The molecule has 1 aliphatic carbocycles. The first-order valence-electron chi connectivity index (χ1n) is 6.90. The van der Waals surface area contributed by atoms with E-state index in [1.54, 1.807) is 7.05 Å². The number of carbonyl (C=O) groups excluding carboxylic acids is 1. The predicted molar refractivity (Wildman–Crippen MR) is 77.9 cm³/mol. The Labute approximate surface area is 122 Å². The van der Waals surface area contributed by atoms with Crippen LogP contribution in [0.25, 0.3) is 0 Å². The molecule has 2 N–H and O–H groups in total. The molecule has 1 saturated heterocycles. The van der Waals surface area contributed by atoms with Crippen LogP contribution in [-0.4, -0.2) is 47.0 Å². The predicted octanol–water partition coefficient (Wildman–Crippen LogP) is 1.59. The maximum Gasteiger partial charge on any atom is 0.223 e. The Bertz CT molecular complexity index is 519. The van der Waals surface area contributed by atoms with Gasteiger partial charge >= 0.3 is 0 Å². The smallest absolute Gasteiger partial charge is 0.223 e. The number of nitrogens with one attached hydrogen (secondary N) is 2. The van der Waals surface area contributed by atoms with Crippen molar-refractivity contribution in [1.82, 2.24) is 14.9 Å². The van der Waals surface area contributed by atoms with Crippen LogP contribution in [0.1, 0.15) is 19.3 Å². The molecule has 3 rings (SSSR count). The van der Waals surface area contributed by atoms with E-state index in [-0.39, 0.29) is 5.91 Å². The number of nitrogens with zero attached hydrogens (tertiary/aromatic N) is 3. The lowest BCUT2D eigenvalue weighted by molar-refractivity contribution is -0.128. The molecule has 6 nitrogen and oxygen atoms in total. The van der Waals surface area contributed by atoms with Gasteiger partial charge in [0.25, 0.3) is 0 Å². The van der Waals surface area contributed by atoms with Gasteiger partial charge in [0.15, 0.2) is 11.0 Å². The summed E-state index contributed by atoms with van der Waals surface area (Å²) >= 11 is 6.01. The molecular weight excluding hydrogens is 278 g/mol. The van der Waals surface area contributed by atoms with Gasteiger partial charge < -0.3 is 15.5 Å². The zero-order valence-corrected chi connectivity index (χ0v) is 12.2. The Kier molecular flexibility index (Phi) is 3.65. The monoisotopic (exact) mass is 295 g/mol. The first kappa shape index (κ1) is 13.4.